The molecule has 0 aromatic carbocycles. The molecule has 2 amide bonds. The number of carboxylic acids is 1. The van der Waals surface area contributed by atoms with E-state index in [1.165, 1.54) is 0 Å². The van der Waals surface area contributed by atoms with Crippen LogP contribution in [0.3, 0.4) is 0 Å². The van der Waals surface area contributed by atoms with Gasteiger partial charge < -0.3 is 15.7 Å². The third-order valence-electron chi connectivity index (χ3n) is 2.42. The van der Waals surface area contributed by atoms with E-state index >= 15 is 0 Å². The molecule has 19 heavy (non-hydrogen) atoms. The molecule has 0 aliphatic carbocycles. The van der Waals surface area contributed by atoms with Crippen molar-refractivity contribution in [2.24, 2.45) is 5.73 Å². The first-order valence-corrected chi connectivity index (χ1v) is 5.55. The zero-order valence-electron chi connectivity index (χ0n) is 10.7. The minimum absolute atomic E-state index is 0.258. The Morgan fingerprint density at radius 1 is 1.26 bits per heavy atom. The molecule has 0 unspecified atom stereocenters. The van der Waals surface area contributed by atoms with Gasteiger partial charge in [0.15, 0.2) is 0 Å². The highest BCUT2D eigenvalue weighted by atomic mass is 16.4. The lowest BCUT2D eigenvalue weighted by atomic mass is 10.1. The van der Waals surface area contributed by atoms with Gasteiger partial charge in [0, 0.05) is 5.69 Å². The van der Waals surface area contributed by atoms with Crippen LogP contribution in [0.2, 0.25) is 0 Å². The molecule has 0 bridgehead atoms. The molecule has 0 saturated heterocycles. The van der Waals surface area contributed by atoms with Crippen LogP contribution in [-0.2, 0) is 9.59 Å². The Bertz CT molecular complexity index is 512. The first-order chi connectivity index (χ1) is 8.81. The van der Waals surface area contributed by atoms with E-state index in [-0.39, 0.29) is 5.56 Å². The standard InChI is InChI=1S/C12H15N3O4/c1-7-3-4-9(8(2)14-7)12(19)15(5-10(13)16)6-11(17)18/h3-4H,5-6H2,1-2H3,(H2,13,16)(H,17,18). The molecular weight excluding hydrogens is 250 g/mol. The van der Waals surface area contributed by atoms with Crippen molar-refractivity contribution in [2.75, 3.05) is 13.1 Å². The first-order valence-electron chi connectivity index (χ1n) is 5.55. The largest absolute Gasteiger partial charge is 0.480 e. The Morgan fingerprint density at radius 3 is 2.37 bits per heavy atom. The number of hydrogen-bond donors (Lipinski definition) is 2. The third-order valence-corrected chi connectivity index (χ3v) is 2.42. The molecule has 0 saturated carbocycles. The Hall–Kier alpha value is -2.44. The molecule has 0 atom stereocenters. The zero-order valence-corrected chi connectivity index (χ0v) is 10.7. The molecule has 1 aromatic rings. The second kappa shape index (κ2) is 5.94. The van der Waals surface area contributed by atoms with Gasteiger partial charge in [-0.1, -0.05) is 0 Å². The molecule has 102 valence electrons. The van der Waals surface area contributed by atoms with Crippen molar-refractivity contribution < 1.29 is 19.5 Å². The molecule has 0 radical (unpaired) electrons. The number of carbonyl (C=O) groups excluding carboxylic acids is 2. The van der Waals surface area contributed by atoms with Crippen molar-refractivity contribution in [1.29, 1.82) is 0 Å². The molecule has 1 aromatic heterocycles. The summed E-state index contributed by atoms with van der Waals surface area (Å²) in [5.74, 6) is -2.56. The summed E-state index contributed by atoms with van der Waals surface area (Å²) in [6, 6.07) is 3.19. The van der Waals surface area contributed by atoms with Gasteiger partial charge in [0.1, 0.15) is 13.1 Å². The highest BCUT2D eigenvalue weighted by molar-refractivity contribution is 5.98. The smallest absolute Gasteiger partial charge is 0.323 e. The van der Waals surface area contributed by atoms with Gasteiger partial charge in [-0.25, -0.2) is 0 Å². The van der Waals surface area contributed by atoms with Gasteiger partial charge in [-0.05, 0) is 26.0 Å². The Balaban J connectivity index is 3.04. The molecule has 3 N–H and O–H groups in total. The number of aromatic nitrogens is 1. The van der Waals surface area contributed by atoms with Crippen LogP contribution in [0.15, 0.2) is 12.1 Å². The molecule has 0 spiro atoms. The van der Waals surface area contributed by atoms with Crippen LogP contribution >= 0.6 is 0 Å². The van der Waals surface area contributed by atoms with Crippen molar-refractivity contribution in [3.63, 3.8) is 0 Å². The van der Waals surface area contributed by atoms with E-state index in [1.807, 2.05) is 0 Å². The lowest BCUT2D eigenvalue weighted by Crippen LogP contribution is -2.41. The second-order valence-electron chi connectivity index (χ2n) is 4.11. The lowest BCUT2D eigenvalue weighted by Gasteiger charge is -2.19. The van der Waals surface area contributed by atoms with Gasteiger partial charge in [0.2, 0.25) is 5.91 Å². The summed E-state index contributed by atoms with van der Waals surface area (Å²) in [4.78, 5) is 38.8. The van der Waals surface area contributed by atoms with E-state index < -0.39 is 30.9 Å². The van der Waals surface area contributed by atoms with Gasteiger partial charge in [-0.2, -0.15) is 0 Å². The van der Waals surface area contributed by atoms with E-state index in [1.54, 1.807) is 26.0 Å². The monoisotopic (exact) mass is 265 g/mol. The van der Waals surface area contributed by atoms with Crippen molar-refractivity contribution in [3.8, 4) is 0 Å². The molecule has 7 heteroatoms. The fourth-order valence-electron chi connectivity index (χ4n) is 1.63. The summed E-state index contributed by atoms with van der Waals surface area (Å²) < 4.78 is 0. The van der Waals surface area contributed by atoms with E-state index in [4.69, 9.17) is 10.8 Å². The SMILES string of the molecule is Cc1ccc(C(=O)N(CC(N)=O)CC(=O)O)c(C)n1. The number of nitrogens with zero attached hydrogens (tertiary/aromatic N) is 2. The average molecular weight is 265 g/mol. The highest BCUT2D eigenvalue weighted by Crippen LogP contribution is 2.10. The number of primary amides is 1. The number of carbonyl (C=O) groups is 3. The predicted octanol–water partition coefficient (Wildman–Crippen LogP) is -0.289. The summed E-state index contributed by atoms with van der Waals surface area (Å²) in [5, 5.41) is 8.74. The van der Waals surface area contributed by atoms with Gasteiger partial charge in [0.05, 0.1) is 11.3 Å². The first kappa shape index (κ1) is 14.6. The topological polar surface area (TPSA) is 114 Å². The normalized spacial score (nSPS) is 10.0. The molecule has 0 fully saturated rings. The molecule has 7 nitrogen and oxygen atoms in total. The van der Waals surface area contributed by atoms with Gasteiger partial charge >= 0.3 is 5.97 Å². The Morgan fingerprint density at radius 2 is 1.89 bits per heavy atom. The maximum Gasteiger partial charge on any atom is 0.323 e. The van der Waals surface area contributed by atoms with E-state index in [0.29, 0.717) is 5.69 Å². The maximum atomic E-state index is 12.2. The van der Waals surface area contributed by atoms with E-state index in [2.05, 4.69) is 4.98 Å². The van der Waals surface area contributed by atoms with Gasteiger partial charge in [-0.3, -0.25) is 19.4 Å². The van der Waals surface area contributed by atoms with Crippen molar-refractivity contribution >= 4 is 17.8 Å². The van der Waals surface area contributed by atoms with Crippen LogP contribution < -0.4 is 5.73 Å². The number of rotatable bonds is 5. The number of amides is 2. The van der Waals surface area contributed by atoms with Crippen LogP contribution in [0.5, 0.6) is 0 Å². The van der Waals surface area contributed by atoms with Crippen LogP contribution in [-0.4, -0.2) is 45.9 Å². The van der Waals surface area contributed by atoms with Gasteiger partial charge in [-0.15, -0.1) is 0 Å². The summed E-state index contributed by atoms with van der Waals surface area (Å²) in [7, 11) is 0. The number of aliphatic carboxylic acids is 1. The quantitative estimate of drug-likeness (QED) is 0.759. The Labute approximate surface area is 110 Å². The number of aryl methyl sites for hydroxylation is 2. The summed E-state index contributed by atoms with van der Waals surface area (Å²) in [6.45, 7) is 2.39. The Kier molecular flexibility index (Phi) is 4.57. The van der Waals surface area contributed by atoms with E-state index in [0.717, 1.165) is 10.6 Å². The van der Waals surface area contributed by atoms with Crippen LogP contribution in [0.4, 0.5) is 0 Å². The number of hydrogen-bond acceptors (Lipinski definition) is 4. The predicted molar refractivity (Wildman–Crippen MR) is 66.4 cm³/mol. The lowest BCUT2D eigenvalue weighted by molar-refractivity contribution is -0.138. The summed E-state index contributed by atoms with van der Waals surface area (Å²) >= 11 is 0. The van der Waals surface area contributed by atoms with Gasteiger partial charge in [0.25, 0.3) is 5.91 Å². The average Bonchev–Trinajstić information content (AvgIpc) is 2.26. The van der Waals surface area contributed by atoms with E-state index in [9.17, 15) is 14.4 Å². The number of pyridine rings is 1. The summed E-state index contributed by atoms with van der Waals surface area (Å²) in [6.07, 6.45) is 0. The summed E-state index contributed by atoms with van der Waals surface area (Å²) in [5.41, 5.74) is 6.48. The van der Waals surface area contributed by atoms with Crippen molar-refractivity contribution in [3.05, 3.63) is 29.1 Å². The molecule has 0 aliphatic heterocycles. The fraction of sp³-hybridized carbons (Fsp3) is 0.333. The minimum Gasteiger partial charge on any atom is -0.480 e. The molecule has 1 rings (SSSR count). The molecular formula is C12H15N3O4. The second-order valence-corrected chi connectivity index (χ2v) is 4.11. The maximum absolute atomic E-state index is 12.2. The minimum atomic E-state index is -1.22. The molecule has 0 aliphatic rings. The zero-order chi connectivity index (χ0) is 14.6. The van der Waals surface area contributed by atoms with Crippen LogP contribution in [0, 0.1) is 13.8 Å². The number of carboxylic acid groups (broad SMARTS) is 1. The fourth-order valence-corrected chi connectivity index (χ4v) is 1.63. The van der Waals surface area contributed by atoms with Crippen molar-refractivity contribution in [2.45, 2.75) is 13.8 Å². The van der Waals surface area contributed by atoms with Crippen molar-refractivity contribution in [1.82, 2.24) is 9.88 Å². The number of nitrogens with two attached hydrogens (primary N) is 1. The third kappa shape index (κ3) is 4.06. The van der Waals surface area contributed by atoms with Crippen LogP contribution in [0.1, 0.15) is 21.7 Å². The highest BCUT2D eigenvalue weighted by Gasteiger charge is 2.22. The molecule has 1 heterocycles. The van der Waals surface area contributed by atoms with Crippen LogP contribution in [0.25, 0.3) is 0 Å².